The molecule has 0 bridgehead atoms. The number of carbonyl (C=O) groups excluding carboxylic acids is 1. The van der Waals surface area contributed by atoms with Crippen molar-refractivity contribution in [3.8, 4) is 0 Å². The van der Waals surface area contributed by atoms with E-state index in [1.807, 2.05) is 18.2 Å². The van der Waals surface area contributed by atoms with E-state index in [2.05, 4.69) is 5.32 Å². The van der Waals surface area contributed by atoms with Gasteiger partial charge in [-0.15, -0.1) is 0 Å². The number of carbonyl (C=O) groups is 1. The average molecular weight is 364 g/mol. The summed E-state index contributed by atoms with van der Waals surface area (Å²) in [5.74, 6) is -0.164. The van der Waals surface area contributed by atoms with Crippen LogP contribution in [0.15, 0.2) is 47.4 Å². The Balaban J connectivity index is 1.75. The molecule has 0 saturated carbocycles. The molecule has 1 aliphatic carbocycles. The minimum Gasteiger partial charge on any atom is -0.345 e. The summed E-state index contributed by atoms with van der Waals surface area (Å²) in [6.07, 6.45) is 1.72. The fraction of sp³-hybridized carbons (Fsp3) is 0.278. The first-order valence-corrected chi connectivity index (χ1v) is 9.86. The number of fused-ring (bicyclic) bond motifs is 1. The molecule has 1 amide bonds. The van der Waals surface area contributed by atoms with Gasteiger partial charge in [0, 0.05) is 10.6 Å². The molecule has 0 aromatic heterocycles. The van der Waals surface area contributed by atoms with E-state index < -0.39 is 9.84 Å². The lowest BCUT2D eigenvalue weighted by atomic mass is 10.1. The van der Waals surface area contributed by atoms with Gasteiger partial charge in [0.1, 0.15) is 0 Å². The van der Waals surface area contributed by atoms with Crippen LogP contribution in [0.3, 0.4) is 0 Å². The molecule has 0 heterocycles. The smallest absolute Gasteiger partial charge is 0.251 e. The van der Waals surface area contributed by atoms with E-state index >= 15 is 0 Å². The van der Waals surface area contributed by atoms with E-state index in [1.165, 1.54) is 12.1 Å². The van der Waals surface area contributed by atoms with Crippen LogP contribution >= 0.6 is 11.6 Å². The lowest BCUT2D eigenvalue weighted by molar-refractivity contribution is 0.0936. The summed E-state index contributed by atoms with van der Waals surface area (Å²) in [5, 5.41) is 3.71. The third-order valence-electron chi connectivity index (χ3n) is 4.34. The summed E-state index contributed by atoms with van der Waals surface area (Å²) in [4.78, 5) is 12.7. The van der Waals surface area contributed by atoms with Crippen LogP contribution in [0.4, 0.5) is 0 Å². The molecule has 0 spiro atoms. The van der Waals surface area contributed by atoms with Gasteiger partial charge in [-0.1, -0.05) is 24.6 Å². The fourth-order valence-electron chi connectivity index (χ4n) is 2.96. The lowest BCUT2D eigenvalue weighted by Crippen LogP contribution is -2.27. The van der Waals surface area contributed by atoms with Crippen LogP contribution in [0, 0.1) is 0 Å². The van der Waals surface area contributed by atoms with Crippen molar-refractivity contribution in [3.05, 3.63) is 64.2 Å². The van der Waals surface area contributed by atoms with Gasteiger partial charge in [-0.2, -0.15) is 0 Å². The topological polar surface area (TPSA) is 63.2 Å². The zero-order valence-electron chi connectivity index (χ0n) is 13.3. The highest BCUT2D eigenvalue weighted by molar-refractivity contribution is 7.91. The lowest BCUT2D eigenvalue weighted by Gasteiger charge is -2.14. The van der Waals surface area contributed by atoms with Gasteiger partial charge in [-0.05, 0) is 60.4 Å². The van der Waals surface area contributed by atoms with E-state index in [-0.39, 0.29) is 22.6 Å². The average Bonchev–Trinajstić information content (AvgIpc) is 2.96. The first-order valence-electron chi connectivity index (χ1n) is 7.82. The molecule has 0 fully saturated rings. The molecule has 0 unspecified atom stereocenters. The molecule has 6 heteroatoms. The minimum atomic E-state index is -3.25. The van der Waals surface area contributed by atoms with Crippen LogP contribution in [0.1, 0.15) is 40.9 Å². The summed E-state index contributed by atoms with van der Waals surface area (Å²) >= 11 is 6.00. The third-order valence-corrected chi connectivity index (χ3v) is 6.33. The molecule has 1 N–H and O–H groups in total. The predicted octanol–water partition coefficient (Wildman–Crippen LogP) is 3.55. The van der Waals surface area contributed by atoms with Crippen LogP contribution < -0.4 is 5.32 Å². The van der Waals surface area contributed by atoms with Crippen molar-refractivity contribution in [3.63, 3.8) is 0 Å². The van der Waals surface area contributed by atoms with Crippen molar-refractivity contribution in [2.24, 2.45) is 0 Å². The Hall–Kier alpha value is -1.85. The third kappa shape index (κ3) is 3.32. The van der Waals surface area contributed by atoms with Crippen molar-refractivity contribution in [1.82, 2.24) is 5.32 Å². The Bertz CT molecular complexity index is 876. The Morgan fingerprint density at radius 2 is 1.92 bits per heavy atom. The summed E-state index contributed by atoms with van der Waals surface area (Å²) in [6.45, 7) is 1.60. The summed E-state index contributed by atoms with van der Waals surface area (Å²) < 4.78 is 23.6. The minimum absolute atomic E-state index is 0.0381. The molecule has 2 aromatic rings. The van der Waals surface area contributed by atoms with Gasteiger partial charge in [-0.25, -0.2) is 8.42 Å². The summed E-state index contributed by atoms with van der Waals surface area (Å²) in [6, 6.07) is 11.7. The second-order valence-corrected chi connectivity index (χ2v) is 8.55. The molecule has 3 rings (SSSR count). The largest absolute Gasteiger partial charge is 0.345 e. The van der Waals surface area contributed by atoms with Gasteiger partial charge in [0.15, 0.2) is 9.84 Å². The molecular formula is C18H18ClNO3S. The molecule has 0 aliphatic heterocycles. The molecule has 1 aliphatic rings. The van der Waals surface area contributed by atoms with Crippen molar-refractivity contribution in [1.29, 1.82) is 0 Å². The molecular weight excluding hydrogens is 346 g/mol. The van der Waals surface area contributed by atoms with E-state index in [0.717, 1.165) is 24.0 Å². The van der Waals surface area contributed by atoms with E-state index in [1.54, 1.807) is 19.1 Å². The number of aryl methyl sites for hydroxylation is 1. The number of hydrogen-bond acceptors (Lipinski definition) is 3. The number of hydrogen-bond donors (Lipinski definition) is 1. The van der Waals surface area contributed by atoms with Crippen LogP contribution in [0.25, 0.3) is 0 Å². The van der Waals surface area contributed by atoms with Gasteiger partial charge in [0.2, 0.25) is 0 Å². The van der Waals surface area contributed by atoms with Gasteiger partial charge in [-0.3, -0.25) is 4.79 Å². The second kappa shape index (κ2) is 6.57. The van der Waals surface area contributed by atoms with Crippen LogP contribution in [-0.2, 0) is 16.3 Å². The molecule has 0 saturated heterocycles. The van der Waals surface area contributed by atoms with Gasteiger partial charge >= 0.3 is 0 Å². The first kappa shape index (κ1) is 17.0. The zero-order chi connectivity index (χ0) is 17.3. The molecule has 4 nitrogen and oxygen atoms in total. The van der Waals surface area contributed by atoms with Gasteiger partial charge in [0.25, 0.3) is 5.91 Å². The SMILES string of the molecule is CCS(=O)(=O)c1ccc(C(=O)N[C@@H]2CCc3cc(Cl)ccc32)cc1. The quantitative estimate of drug-likeness (QED) is 0.903. The maximum atomic E-state index is 12.4. The van der Waals surface area contributed by atoms with Gasteiger partial charge in [0.05, 0.1) is 16.7 Å². The predicted molar refractivity (Wildman–Crippen MR) is 94.1 cm³/mol. The maximum Gasteiger partial charge on any atom is 0.251 e. The summed E-state index contributed by atoms with van der Waals surface area (Å²) in [7, 11) is -3.25. The number of nitrogens with one attached hydrogen (secondary N) is 1. The highest BCUT2D eigenvalue weighted by Crippen LogP contribution is 2.33. The van der Waals surface area contributed by atoms with E-state index in [4.69, 9.17) is 11.6 Å². The number of amides is 1. The Labute approximate surface area is 146 Å². The van der Waals surface area contributed by atoms with Crippen LogP contribution in [-0.4, -0.2) is 20.1 Å². The first-order chi connectivity index (χ1) is 11.4. The number of halogens is 1. The fourth-order valence-corrected chi connectivity index (χ4v) is 4.04. The number of benzene rings is 2. The van der Waals surface area contributed by atoms with Crippen molar-refractivity contribution < 1.29 is 13.2 Å². The van der Waals surface area contributed by atoms with E-state index in [0.29, 0.717) is 10.6 Å². The molecule has 2 aromatic carbocycles. The highest BCUT2D eigenvalue weighted by Gasteiger charge is 2.24. The molecule has 0 radical (unpaired) electrons. The Morgan fingerprint density at radius 1 is 1.21 bits per heavy atom. The second-order valence-electron chi connectivity index (χ2n) is 5.84. The van der Waals surface area contributed by atoms with Crippen molar-refractivity contribution in [2.45, 2.75) is 30.7 Å². The standard InChI is InChI=1S/C18H18ClNO3S/c1-2-24(22,23)15-7-3-12(4-8-15)18(21)20-17-10-5-13-11-14(19)6-9-16(13)17/h3-4,6-9,11,17H,2,5,10H2,1H3,(H,20,21)/t17-/m1/s1. The van der Waals surface area contributed by atoms with E-state index in [9.17, 15) is 13.2 Å². The zero-order valence-corrected chi connectivity index (χ0v) is 14.8. The molecule has 126 valence electrons. The number of rotatable bonds is 4. The van der Waals surface area contributed by atoms with Crippen LogP contribution in [0.5, 0.6) is 0 Å². The molecule has 1 atom stereocenters. The van der Waals surface area contributed by atoms with Crippen molar-refractivity contribution >= 4 is 27.3 Å². The van der Waals surface area contributed by atoms with Gasteiger partial charge < -0.3 is 5.32 Å². The Morgan fingerprint density at radius 3 is 2.58 bits per heavy atom. The number of sulfone groups is 1. The van der Waals surface area contributed by atoms with Crippen LogP contribution in [0.2, 0.25) is 5.02 Å². The van der Waals surface area contributed by atoms with Crippen molar-refractivity contribution in [2.75, 3.05) is 5.75 Å². The highest BCUT2D eigenvalue weighted by atomic mass is 35.5. The normalized spacial score (nSPS) is 16.7. The molecule has 24 heavy (non-hydrogen) atoms. The maximum absolute atomic E-state index is 12.4. The Kier molecular flexibility index (Phi) is 4.65. The summed E-state index contributed by atoms with van der Waals surface area (Å²) in [5.41, 5.74) is 2.71. The monoisotopic (exact) mass is 363 g/mol.